The number of ether oxygens (including phenoxy) is 1. The molecule has 1 saturated carbocycles. The minimum atomic E-state index is -0.226. The third-order valence-electron chi connectivity index (χ3n) is 3.44. The van der Waals surface area contributed by atoms with Crippen LogP contribution < -0.4 is 0 Å². The molecule has 1 unspecified atom stereocenters. The fourth-order valence-corrected chi connectivity index (χ4v) is 2.55. The molecule has 0 bridgehead atoms. The van der Waals surface area contributed by atoms with Crippen LogP contribution in [0.15, 0.2) is 11.8 Å². The van der Waals surface area contributed by atoms with Crippen molar-refractivity contribution in [3.63, 3.8) is 0 Å². The molecule has 14 heavy (non-hydrogen) atoms. The van der Waals surface area contributed by atoms with Gasteiger partial charge in [0.15, 0.2) is 0 Å². The third-order valence-corrected chi connectivity index (χ3v) is 3.44. The lowest BCUT2D eigenvalue weighted by Crippen LogP contribution is -2.26. The summed E-state index contributed by atoms with van der Waals surface area (Å²) in [6.07, 6.45) is 9.97. The Labute approximate surface area is 86.0 Å². The smallest absolute Gasteiger partial charge is 0.0876 e. The summed E-state index contributed by atoms with van der Waals surface area (Å²) in [7, 11) is 0. The Morgan fingerprint density at radius 1 is 1.21 bits per heavy atom. The van der Waals surface area contributed by atoms with Gasteiger partial charge in [-0.2, -0.15) is 0 Å². The molecule has 1 N–H and O–H groups in total. The maximum Gasteiger partial charge on any atom is 0.0876 e. The lowest BCUT2D eigenvalue weighted by molar-refractivity contribution is 0.0986. The van der Waals surface area contributed by atoms with Gasteiger partial charge in [0.05, 0.1) is 19.0 Å². The van der Waals surface area contributed by atoms with Gasteiger partial charge in [-0.15, -0.1) is 0 Å². The molecule has 2 rings (SSSR count). The lowest BCUT2D eigenvalue weighted by atomic mass is 9.82. The highest BCUT2D eigenvalue weighted by Crippen LogP contribution is 2.31. The average Bonchev–Trinajstić information content (AvgIpc) is 2.30. The van der Waals surface area contributed by atoms with Crippen molar-refractivity contribution in [2.45, 2.75) is 51.0 Å². The van der Waals surface area contributed by atoms with Crippen LogP contribution in [-0.4, -0.2) is 17.8 Å². The number of aliphatic hydroxyl groups is 1. The molecule has 2 heteroatoms. The molecule has 1 atom stereocenters. The van der Waals surface area contributed by atoms with E-state index in [1.807, 2.05) is 0 Å². The van der Waals surface area contributed by atoms with Crippen LogP contribution in [0.4, 0.5) is 0 Å². The molecule has 2 aliphatic rings. The van der Waals surface area contributed by atoms with E-state index < -0.39 is 0 Å². The molecule has 1 aliphatic carbocycles. The molecule has 0 radical (unpaired) electrons. The van der Waals surface area contributed by atoms with Crippen molar-refractivity contribution in [3.05, 3.63) is 11.8 Å². The molecular weight excluding hydrogens is 176 g/mol. The summed E-state index contributed by atoms with van der Waals surface area (Å²) in [6.45, 7) is 0.820. The zero-order valence-electron chi connectivity index (χ0n) is 8.74. The predicted octanol–water partition coefficient (Wildman–Crippen LogP) is 2.62. The van der Waals surface area contributed by atoms with Gasteiger partial charge in [0.25, 0.3) is 0 Å². The fourth-order valence-electron chi connectivity index (χ4n) is 2.55. The van der Waals surface area contributed by atoms with Gasteiger partial charge in [-0.1, -0.05) is 19.3 Å². The van der Waals surface area contributed by atoms with Crippen molar-refractivity contribution in [1.82, 2.24) is 0 Å². The molecule has 1 fully saturated rings. The van der Waals surface area contributed by atoms with E-state index in [0.29, 0.717) is 5.92 Å². The van der Waals surface area contributed by atoms with Gasteiger partial charge < -0.3 is 9.84 Å². The highest BCUT2D eigenvalue weighted by molar-refractivity contribution is 5.08. The van der Waals surface area contributed by atoms with E-state index >= 15 is 0 Å². The van der Waals surface area contributed by atoms with Crippen molar-refractivity contribution in [2.75, 3.05) is 6.61 Å². The Hall–Kier alpha value is -0.500. The van der Waals surface area contributed by atoms with Crippen molar-refractivity contribution in [2.24, 2.45) is 5.92 Å². The second-order valence-electron chi connectivity index (χ2n) is 4.51. The maximum absolute atomic E-state index is 10.2. The van der Waals surface area contributed by atoms with Crippen LogP contribution in [0.25, 0.3) is 0 Å². The quantitative estimate of drug-likeness (QED) is 0.735. The van der Waals surface area contributed by atoms with Gasteiger partial charge >= 0.3 is 0 Å². The predicted molar refractivity (Wildman–Crippen MR) is 55.9 cm³/mol. The van der Waals surface area contributed by atoms with Crippen molar-refractivity contribution in [3.8, 4) is 0 Å². The van der Waals surface area contributed by atoms with Crippen LogP contribution in [0.2, 0.25) is 0 Å². The van der Waals surface area contributed by atoms with Crippen molar-refractivity contribution < 1.29 is 9.84 Å². The van der Waals surface area contributed by atoms with Gasteiger partial charge in [-0.05, 0) is 37.2 Å². The standard InChI is InChI=1S/C12H20O2/c13-12(10-5-2-1-3-6-10)11-7-4-8-14-9-11/h9-10,12-13H,1-8H2. The second-order valence-corrected chi connectivity index (χ2v) is 4.51. The van der Waals surface area contributed by atoms with E-state index in [1.165, 1.54) is 32.1 Å². The molecule has 0 aromatic carbocycles. The van der Waals surface area contributed by atoms with E-state index in [1.54, 1.807) is 6.26 Å². The molecule has 0 spiro atoms. The Morgan fingerprint density at radius 3 is 2.64 bits per heavy atom. The first-order chi connectivity index (χ1) is 6.88. The molecule has 0 aromatic rings. The third kappa shape index (κ3) is 2.30. The number of aliphatic hydroxyl groups excluding tert-OH is 1. The zero-order valence-corrected chi connectivity index (χ0v) is 8.74. The summed E-state index contributed by atoms with van der Waals surface area (Å²) >= 11 is 0. The summed E-state index contributed by atoms with van der Waals surface area (Å²) in [5.41, 5.74) is 1.13. The first-order valence-corrected chi connectivity index (χ1v) is 5.86. The normalized spacial score (nSPS) is 26.5. The lowest BCUT2D eigenvalue weighted by Gasteiger charge is -2.29. The van der Waals surface area contributed by atoms with Gasteiger partial charge in [-0.3, -0.25) is 0 Å². The molecule has 2 nitrogen and oxygen atoms in total. The van der Waals surface area contributed by atoms with E-state index in [9.17, 15) is 5.11 Å². The molecule has 1 heterocycles. The van der Waals surface area contributed by atoms with Crippen LogP contribution >= 0.6 is 0 Å². The largest absolute Gasteiger partial charge is 0.501 e. The molecule has 1 aliphatic heterocycles. The van der Waals surface area contributed by atoms with Gasteiger partial charge in [0.2, 0.25) is 0 Å². The van der Waals surface area contributed by atoms with Gasteiger partial charge in [0.1, 0.15) is 0 Å². The van der Waals surface area contributed by atoms with Crippen molar-refractivity contribution in [1.29, 1.82) is 0 Å². The van der Waals surface area contributed by atoms with E-state index in [-0.39, 0.29) is 6.10 Å². The van der Waals surface area contributed by atoms with E-state index in [0.717, 1.165) is 25.0 Å². The fraction of sp³-hybridized carbons (Fsp3) is 0.833. The Kier molecular flexibility index (Phi) is 3.46. The summed E-state index contributed by atoms with van der Waals surface area (Å²) in [4.78, 5) is 0. The number of hydrogen-bond acceptors (Lipinski definition) is 2. The first-order valence-electron chi connectivity index (χ1n) is 5.86. The van der Waals surface area contributed by atoms with E-state index in [4.69, 9.17) is 4.74 Å². The second kappa shape index (κ2) is 4.83. The highest BCUT2D eigenvalue weighted by atomic mass is 16.5. The van der Waals surface area contributed by atoms with Gasteiger partial charge in [0, 0.05) is 0 Å². The minimum absolute atomic E-state index is 0.226. The molecule has 0 amide bonds. The molecular formula is C12H20O2. The molecule has 0 saturated heterocycles. The Morgan fingerprint density at radius 2 is 2.00 bits per heavy atom. The zero-order chi connectivity index (χ0) is 9.80. The van der Waals surface area contributed by atoms with Crippen LogP contribution in [0.3, 0.4) is 0 Å². The summed E-state index contributed by atoms with van der Waals surface area (Å²) in [5.74, 6) is 0.497. The number of hydrogen-bond donors (Lipinski definition) is 1. The monoisotopic (exact) mass is 196 g/mol. The summed E-state index contributed by atoms with van der Waals surface area (Å²) in [6, 6.07) is 0. The van der Waals surface area contributed by atoms with Crippen molar-refractivity contribution >= 4 is 0 Å². The Bertz CT molecular complexity index is 204. The average molecular weight is 196 g/mol. The van der Waals surface area contributed by atoms with Crippen LogP contribution in [0, 0.1) is 5.92 Å². The minimum Gasteiger partial charge on any atom is -0.501 e. The van der Waals surface area contributed by atoms with E-state index in [2.05, 4.69) is 0 Å². The summed E-state index contributed by atoms with van der Waals surface area (Å²) < 4.78 is 5.27. The topological polar surface area (TPSA) is 29.5 Å². The Balaban J connectivity index is 1.91. The van der Waals surface area contributed by atoms with Crippen LogP contribution in [0.5, 0.6) is 0 Å². The SMILES string of the molecule is OC(C1=COCCC1)C1CCCCC1. The molecule has 0 aromatic heterocycles. The van der Waals surface area contributed by atoms with Gasteiger partial charge in [-0.25, -0.2) is 0 Å². The maximum atomic E-state index is 10.2. The summed E-state index contributed by atoms with van der Waals surface area (Å²) in [5, 5.41) is 10.2. The number of rotatable bonds is 2. The first kappa shape index (κ1) is 10.0. The van der Waals surface area contributed by atoms with Crippen LogP contribution in [0.1, 0.15) is 44.9 Å². The van der Waals surface area contributed by atoms with Crippen LogP contribution in [-0.2, 0) is 4.74 Å². The molecule has 80 valence electrons. The highest BCUT2D eigenvalue weighted by Gasteiger charge is 2.25.